The molecule has 2 aliphatic rings. The van der Waals surface area contributed by atoms with Gasteiger partial charge >= 0.3 is 5.97 Å². The molecule has 0 aliphatic carbocycles. The smallest absolute Gasteiger partial charge is 0.338 e. The Balaban J connectivity index is 1.74. The van der Waals surface area contributed by atoms with E-state index in [1.54, 1.807) is 30.5 Å². The molecular formula is C27H26N4O4S. The Morgan fingerprint density at radius 2 is 1.89 bits per heavy atom. The second-order valence-electron chi connectivity index (χ2n) is 8.32. The number of methoxy groups -OCH3 is 1. The van der Waals surface area contributed by atoms with Gasteiger partial charge in [0.2, 0.25) is 5.91 Å². The van der Waals surface area contributed by atoms with Crippen LogP contribution < -0.4 is 4.74 Å². The highest BCUT2D eigenvalue weighted by Gasteiger charge is 2.43. The number of nitrogens with zero attached hydrogens (tertiary/aromatic N) is 4. The van der Waals surface area contributed by atoms with Gasteiger partial charge in [0.15, 0.2) is 5.17 Å². The fourth-order valence-corrected chi connectivity index (χ4v) is 5.44. The first-order valence-corrected chi connectivity index (χ1v) is 12.7. The van der Waals surface area contributed by atoms with E-state index in [1.807, 2.05) is 60.8 Å². The minimum Gasteiger partial charge on any atom is -0.497 e. The predicted octanol–water partition coefficient (Wildman–Crippen LogP) is 4.76. The van der Waals surface area contributed by atoms with E-state index < -0.39 is 12.0 Å². The van der Waals surface area contributed by atoms with Crippen LogP contribution in [0.25, 0.3) is 16.9 Å². The summed E-state index contributed by atoms with van der Waals surface area (Å²) in [6.45, 7) is 3.77. The van der Waals surface area contributed by atoms with Crippen LogP contribution in [0.4, 0.5) is 0 Å². The number of amides is 1. The molecule has 0 radical (unpaired) electrons. The molecule has 3 heterocycles. The third-order valence-corrected chi connectivity index (χ3v) is 7.08. The molecule has 0 unspecified atom stereocenters. The molecule has 1 fully saturated rings. The average molecular weight is 503 g/mol. The molecule has 8 nitrogen and oxygen atoms in total. The number of amidine groups is 1. The quantitative estimate of drug-likeness (QED) is 0.452. The average Bonchev–Trinajstić information content (AvgIpc) is 3.34. The number of ether oxygens (including phenoxy) is 2. The Morgan fingerprint density at radius 3 is 2.58 bits per heavy atom. The van der Waals surface area contributed by atoms with Crippen molar-refractivity contribution in [1.29, 1.82) is 0 Å². The number of rotatable bonds is 6. The summed E-state index contributed by atoms with van der Waals surface area (Å²) in [5.41, 5.74) is 3.96. The lowest BCUT2D eigenvalue weighted by Crippen LogP contribution is -2.45. The lowest BCUT2D eigenvalue weighted by Gasteiger charge is -2.38. The van der Waals surface area contributed by atoms with Crippen LogP contribution in [0, 0.1) is 0 Å². The molecule has 0 spiro atoms. The molecule has 2 aliphatic heterocycles. The van der Waals surface area contributed by atoms with E-state index in [-0.39, 0.29) is 12.5 Å². The molecule has 36 heavy (non-hydrogen) atoms. The van der Waals surface area contributed by atoms with Crippen molar-refractivity contribution in [2.45, 2.75) is 26.3 Å². The molecular weight excluding hydrogens is 476 g/mol. The zero-order chi connectivity index (χ0) is 25.2. The highest BCUT2D eigenvalue weighted by atomic mass is 32.2. The van der Waals surface area contributed by atoms with Crippen molar-refractivity contribution in [2.75, 3.05) is 19.5 Å². The van der Waals surface area contributed by atoms with E-state index in [1.165, 1.54) is 11.8 Å². The number of carbonyl (C=O) groups is 2. The van der Waals surface area contributed by atoms with Gasteiger partial charge in [0, 0.05) is 29.5 Å². The lowest BCUT2D eigenvalue weighted by atomic mass is 9.92. The van der Waals surface area contributed by atoms with Gasteiger partial charge in [0.1, 0.15) is 11.8 Å². The summed E-state index contributed by atoms with van der Waals surface area (Å²) in [4.78, 5) is 32.8. The van der Waals surface area contributed by atoms with Crippen molar-refractivity contribution >= 4 is 28.8 Å². The van der Waals surface area contributed by atoms with E-state index in [0.717, 1.165) is 22.6 Å². The summed E-state index contributed by atoms with van der Waals surface area (Å²) in [6, 6.07) is 16.6. The molecule has 184 valence electrons. The van der Waals surface area contributed by atoms with Crippen LogP contribution in [-0.2, 0) is 14.3 Å². The van der Waals surface area contributed by atoms with Crippen LogP contribution in [0.2, 0.25) is 0 Å². The van der Waals surface area contributed by atoms with Gasteiger partial charge in [0.05, 0.1) is 36.4 Å². The summed E-state index contributed by atoms with van der Waals surface area (Å²) < 4.78 is 12.5. The van der Waals surface area contributed by atoms with Crippen molar-refractivity contribution in [1.82, 2.24) is 14.7 Å². The van der Waals surface area contributed by atoms with Gasteiger partial charge in [-0.1, -0.05) is 30.0 Å². The second kappa shape index (κ2) is 10.0. The van der Waals surface area contributed by atoms with Crippen LogP contribution in [0.5, 0.6) is 5.75 Å². The van der Waals surface area contributed by atoms with E-state index >= 15 is 0 Å². The van der Waals surface area contributed by atoms with Gasteiger partial charge in [-0.15, -0.1) is 0 Å². The zero-order valence-electron chi connectivity index (χ0n) is 20.3. The first kappa shape index (κ1) is 23.9. The van der Waals surface area contributed by atoms with Crippen molar-refractivity contribution < 1.29 is 19.1 Å². The summed E-state index contributed by atoms with van der Waals surface area (Å²) in [5.74, 6) is 0.803. The highest BCUT2D eigenvalue weighted by molar-refractivity contribution is 8.14. The molecule has 1 amide bonds. The largest absolute Gasteiger partial charge is 0.497 e. The fourth-order valence-electron chi connectivity index (χ4n) is 4.43. The minimum atomic E-state index is -0.716. The Morgan fingerprint density at radius 1 is 1.14 bits per heavy atom. The maximum absolute atomic E-state index is 13.3. The highest BCUT2D eigenvalue weighted by Crippen LogP contribution is 2.43. The second-order valence-corrected chi connectivity index (χ2v) is 9.38. The number of carbonyl (C=O) groups excluding carboxylic acids is 2. The van der Waals surface area contributed by atoms with Crippen LogP contribution in [0.1, 0.15) is 31.9 Å². The maximum atomic E-state index is 13.3. The normalized spacial score (nSPS) is 17.5. The Hall–Kier alpha value is -3.85. The number of thioether (sulfide) groups is 1. The summed E-state index contributed by atoms with van der Waals surface area (Å²) in [6.07, 6.45) is 2.25. The Kier molecular flexibility index (Phi) is 6.65. The number of aliphatic imine (C=N–C) groups is 1. The van der Waals surface area contributed by atoms with Gasteiger partial charge < -0.3 is 9.47 Å². The maximum Gasteiger partial charge on any atom is 0.338 e. The van der Waals surface area contributed by atoms with Gasteiger partial charge in [0.25, 0.3) is 0 Å². The van der Waals surface area contributed by atoms with Crippen molar-refractivity contribution in [3.05, 3.63) is 77.6 Å². The monoisotopic (exact) mass is 502 g/mol. The Bertz CT molecular complexity index is 1360. The topological polar surface area (TPSA) is 86.0 Å². The van der Waals surface area contributed by atoms with Crippen LogP contribution in [0.15, 0.2) is 77.1 Å². The molecule has 1 saturated heterocycles. The van der Waals surface area contributed by atoms with E-state index in [0.29, 0.717) is 34.3 Å². The fraction of sp³-hybridized carbons (Fsp3) is 0.259. The molecule has 0 N–H and O–H groups in total. The third-order valence-electron chi connectivity index (χ3n) is 6.12. The number of para-hydroxylation sites is 1. The van der Waals surface area contributed by atoms with Crippen molar-refractivity contribution in [2.24, 2.45) is 4.99 Å². The molecule has 2 aromatic carbocycles. The lowest BCUT2D eigenvalue weighted by molar-refractivity contribution is -0.139. The van der Waals surface area contributed by atoms with E-state index in [4.69, 9.17) is 14.6 Å². The molecule has 0 saturated carbocycles. The SMILES string of the molecule is CCOC(=O)C1=C(C)N=C2SCCC(=O)N2[C@H]1c1cn(-c2ccccc2)nc1-c1ccc(OC)cc1. The molecule has 9 heteroatoms. The molecule has 3 aromatic rings. The molecule has 1 aromatic heterocycles. The number of fused-ring (bicyclic) bond motifs is 1. The number of benzene rings is 2. The first-order chi connectivity index (χ1) is 17.5. The van der Waals surface area contributed by atoms with Crippen molar-refractivity contribution in [3.8, 4) is 22.7 Å². The van der Waals surface area contributed by atoms with Crippen LogP contribution >= 0.6 is 11.8 Å². The number of hydrogen-bond acceptors (Lipinski definition) is 7. The summed E-state index contributed by atoms with van der Waals surface area (Å²) in [7, 11) is 1.62. The summed E-state index contributed by atoms with van der Waals surface area (Å²) >= 11 is 1.52. The minimum absolute atomic E-state index is 0.0834. The molecule has 5 rings (SSSR count). The van der Waals surface area contributed by atoms with E-state index in [9.17, 15) is 9.59 Å². The number of aromatic nitrogens is 2. The first-order valence-electron chi connectivity index (χ1n) is 11.7. The number of hydrogen-bond donors (Lipinski definition) is 0. The van der Waals surface area contributed by atoms with Crippen LogP contribution in [-0.4, -0.2) is 51.2 Å². The predicted molar refractivity (Wildman–Crippen MR) is 139 cm³/mol. The number of allylic oxidation sites excluding steroid dienone is 1. The zero-order valence-corrected chi connectivity index (χ0v) is 21.1. The van der Waals surface area contributed by atoms with Gasteiger partial charge in [-0.05, 0) is 50.2 Å². The molecule has 1 atom stereocenters. The summed E-state index contributed by atoms with van der Waals surface area (Å²) in [5, 5.41) is 5.52. The van der Waals surface area contributed by atoms with Gasteiger partial charge in [-0.3, -0.25) is 9.69 Å². The van der Waals surface area contributed by atoms with Crippen molar-refractivity contribution in [3.63, 3.8) is 0 Å². The number of esters is 1. The Labute approximate surface area is 213 Å². The van der Waals surface area contributed by atoms with Crippen LogP contribution in [0.3, 0.4) is 0 Å². The van der Waals surface area contributed by atoms with Gasteiger partial charge in [-0.2, -0.15) is 5.10 Å². The van der Waals surface area contributed by atoms with Gasteiger partial charge in [-0.25, -0.2) is 14.5 Å². The molecule has 0 bridgehead atoms. The van der Waals surface area contributed by atoms with E-state index in [2.05, 4.69) is 4.99 Å². The third kappa shape index (κ3) is 4.30. The standard InChI is InChI=1S/C27H26N4O4S/c1-4-35-26(33)23-17(2)28-27-31(22(32)14-15-36-27)25(23)21-16-30(19-8-6-5-7-9-19)29-24(21)18-10-12-20(34-3)13-11-18/h5-13,16,25H,4,14-15H2,1-3H3/t25-/m0/s1.